The van der Waals surface area contributed by atoms with Gasteiger partial charge in [-0.3, -0.25) is 9.59 Å². The fourth-order valence-corrected chi connectivity index (χ4v) is 4.08. The van der Waals surface area contributed by atoms with E-state index in [1.165, 1.54) is 5.56 Å². The number of amides is 2. The molecule has 5 heteroatoms. The summed E-state index contributed by atoms with van der Waals surface area (Å²) in [5.41, 5.74) is 2.27. The smallest absolute Gasteiger partial charge is 0.231 e. The number of anilines is 1. The molecule has 3 unspecified atom stereocenters. The Labute approximate surface area is 143 Å². The molecule has 128 valence electrons. The molecule has 0 N–H and O–H groups in total. The van der Waals surface area contributed by atoms with Gasteiger partial charge in [0.15, 0.2) is 0 Å². The molecule has 3 aliphatic rings. The van der Waals surface area contributed by atoms with Crippen LogP contribution in [0.3, 0.4) is 0 Å². The third kappa shape index (κ3) is 2.61. The maximum atomic E-state index is 13.0. The average Bonchev–Trinajstić information content (AvgIpc) is 3.30. The molecule has 4 rings (SSSR count). The number of fused-ring (bicyclic) bond motifs is 1. The first-order chi connectivity index (χ1) is 11.6. The standard InChI is InChI=1S/C19H25N3O2/c1-13-11-14-5-3-4-6-17(14)22(13)19(24)16-12-15(16)18(23)21-9-7-20(2)8-10-21/h3-6,13,15-16H,7-12H2,1-2H3. The van der Waals surface area contributed by atoms with Gasteiger partial charge in [-0.05, 0) is 38.4 Å². The largest absolute Gasteiger partial charge is 0.340 e. The van der Waals surface area contributed by atoms with E-state index in [0.717, 1.165) is 44.7 Å². The molecule has 0 spiro atoms. The topological polar surface area (TPSA) is 43.9 Å². The molecule has 2 fully saturated rings. The summed E-state index contributed by atoms with van der Waals surface area (Å²) in [6.07, 6.45) is 1.63. The first kappa shape index (κ1) is 15.6. The van der Waals surface area contributed by atoms with E-state index in [1.54, 1.807) is 0 Å². The van der Waals surface area contributed by atoms with Crippen molar-refractivity contribution in [2.75, 3.05) is 38.1 Å². The molecule has 1 aliphatic carbocycles. The number of likely N-dealkylation sites (N-methyl/N-ethyl adjacent to an activating group) is 1. The highest BCUT2D eigenvalue weighted by molar-refractivity contribution is 6.02. The summed E-state index contributed by atoms with van der Waals surface area (Å²) in [6, 6.07) is 8.32. The van der Waals surface area contributed by atoms with Gasteiger partial charge in [0.2, 0.25) is 11.8 Å². The van der Waals surface area contributed by atoms with E-state index >= 15 is 0 Å². The van der Waals surface area contributed by atoms with Gasteiger partial charge in [0, 0.05) is 37.9 Å². The Bertz CT molecular complexity index is 666. The van der Waals surface area contributed by atoms with Gasteiger partial charge in [-0.15, -0.1) is 0 Å². The monoisotopic (exact) mass is 327 g/mol. The van der Waals surface area contributed by atoms with Gasteiger partial charge in [-0.2, -0.15) is 0 Å². The summed E-state index contributed by atoms with van der Waals surface area (Å²) < 4.78 is 0. The van der Waals surface area contributed by atoms with E-state index in [9.17, 15) is 9.59 Å². The quantitative estimate of drug-likeness (QED) is 0.824. The highest BCUT2D eigenvalue weighted by Crippen LogP contribution is 2.44. The SMILES string of the molecule is CC1Cc2ccccc2N1C(=O)C1CC1C(=O)N1CCN(C)CC1. The summed E-state index contributed by atoms with van der Waals surface area (Å²) in [4.78, 5) is 31.7. The van der Waals surface area contributed by atoms with E-state index in [1.807, 2.05) is 28.0 Å². The van der Waals surface area contributed by atoms with Gasteiger partial charge >= 0.3 is 0 Å². The Balaban J connectivity index is 1.43. The average molecular weight is 327 g/mol. The Morgan fingerprint density at radius 3 is 2.42 bits per heavy atom. The molecule has 1 saturated carbocycles. The second kappa shape index (κ2) is 5.88. The van der Waals surface area contributed by atoms with Crippen molar-refractivity contribution >= 4 is 17.5 Å². The van der Waals surface area contributed by atoms with E-state index in [4.69, 9.17) is 0 Å². The van der Waals surface area contributed by atoms with Gasteiger partial charge in [-0.1, -0.05) is 18.2 Å². The molecular weight excluding hydrogens is 302 g/mol. The minimum atomic E-state index is -0.120. The fourth-order valence-electron chi connectivity index (χ4n) is 4.08. The lowest BCUT2D eigenvalue weighted by molar-refractivity contribution is -0.135. The van der Waals surface area contributed by atoms with Gasteiger partial charge in [0.25, 0.3) is 0 Å². The van der Waals surface area contributed by atoms with E-state index in [-0.39, 0.29) is 29.7 Å². The van der Waals surface area contributed by atoms with Crippen LogP contribution in [-0.4, -0.2) is 60.9 Å². The van der Waals surface area contributed by atoms with Crippen molar-refractivity contribution in [3.63, 3.8) is 0 Å². The summed E-state index contributed by atoms with van der Waals surface area (Å²) in [7, 11) is 2.08. The van der Waals surface area contributed by atoms with Crippen LogP contribution in [0, 0.1) is 11.8 Å². The Morgan fingerprint density at radius 2 is 1.67 bits per heavy atom. The van der Waals surface area contributed by atoms with Crippen molar-refractivity contribution in [3.05, 3.63) is 29.8 Å². The maximum Gasteiger partial charge on any atom is 0.231 e. The summed E-state index contributed by atoms with van der Waals surface area (Å²) >= 11 is 0. The van der Waals surface area contributed by atoms with Gasteiger partial charge in [-0.25, -0.2) is 0 Å². The van der Waals surface area contributed by atoms with Crippen LogP contribution >= 0.6 is 0 Å². The van der Waals surface area contributed by atoms with Gasteiger partial charge < -0.3 is 14.7 Å². The molecule has 2 aliphatic heterocycles. The minimum absolute atomic E-state index is 0.0964. The second-order valence-electron chi connectivity index (χ2n) is 7.47. The molecule has 2 heterocycles. The van der Waals surface area contributed by atoms with Crippen molar-refractivity contribution in [1.29, 1.82) is 0 Å². The lowest BCUT2D eigenvalue weighted by atomic mass is 10.1. The first-order valence-electron chi connectivity index (χ1n) is 8.94. The van der Waals surface area contributed by atoms with Crippen LogP contribution in [0.25, 0.3) is 0 Å². The predicted octanol–water partition coefficient (Wildman–Crippen LogP) is 1.37. The number of benzene rings is 1. The molecule has 3 atom stereocenters. The zero-order valence-electron chi connectivity index (χ0n) is 14.4. The molecule has 1 aromatic carbocycles. The molecule has 0 radical (unpaired) electrons. The van der Waals surface area contributed by atoms with E-state index in [0.29, 0.717) is 0 Å². The van der Waals surface area contributed by atoms with Crippen molar-refractivity contribution in [1.82, 2.24) is 9.80 Å². The van der Waals surface area contributed by atoms with Crippen LogP contribution in [0.1, 0.15) is 18.9 Å². The van der Waals surface area contributed by atoms with E-state index in [2.05, 4.69) is 24.9 Å². The summed E-state index contributed by atoms with van der Waals surface area (Å²) in [5, 5.41) is 0. The highest BCUT2D eigenvalue weighted by Gasteiger charge is 2.52. The maximum absolute atomic E-state index is 13.0. The van der Waals surface area contributed by atoms with Crippen molar-refractivity contribution in [2.24, 2.45) is 11.8 Å². The van der Waals surface area contributed by atoms with Gasteiger partial charge in [0.1, 0.15) is 0 Å². The zero-order valence-corrected chi connectivity index (χ0v) is 14.4. The van der Waals surface area contributed by atoms with Crippen LogP contribution in [-0.2, 0) is 16.0 Å². The van der Waals surface area contributed by atoms with Crippen LogP contribution in [0.15, 0.2) is 24.3 Å². The molecular formula is C19H25N3O2. The van der Waals surface area contributed by atoms with Gasteiger partial charge in [0.05, 0.1) is 11.8 Å². The number of carbonyl (C=O) groups is 2. The highest BCUT2D eigenvalue weighted by atomic mass is 16.2. The number of para-hydroxylation sites is 1. The molecule has 2 amide bonds. The lowest BCUT2D eigenvalue weighted by Gasteiger charge is -2.32. The lowest BCUT2D eigenvalue weighted by Crippen LogP contribution is -2.48. The van der Waals surface area contributed by atoms with Crippen molar-refractivity contribution in [3.8, 4) is 0 Å². The van der Waals surface area contributed by atoms with E-state index < -0.39 is 0 Å². The zero-order chi connectivity index (χ0) is 16.8. The molecule has 1 saturated heterocycles. The normalized spacial score (nSPS) is 29.5. The number of hydrogen-bond acceptors (Lipinski definition) is 3. The molecule has 5 nitrogen and oxygen atoms in total. The van der Waals surface area contributed by atoms with Crippen LogP contribution < -0.4 is 4.90 Å². The second-order valence-corrected chi connectivity index (χ2v) is 7.47. The Hall–Kier alpha value is -1.88. The predicted molar refractivity (Wildman–Crippen MR) is 92.8 cm³/mol. The van der Waals surface area contributed by atoms with Crippen LogP contribution in [0.2, 0.25) is 0 Å². The first-order valence-corrected chi connectivity index (χ1v) is 8.94. The molecule has 0 aromatic heterocycles. The number of rotatable bonds is 2. The van der Waals surface area contributed by atoms with Crippen LogP contribution in [0.5, 0.6) is 0 Å². The third-order valence-corrected chi connectivity index (χ3v) is 5.68. The number of piperazine rings is 1. The molecule has 0 bridgehead atoms. The summed E-state index contributed by atoms with van der Waals surface area (Å²) in [6.45, 7) is 5.52. The Kier molecular flexibility index (Phi) is 3.83. The Morgan fingerprint density at radius 1 is 1.00 bits per heavy atom. The molecule has 24 heavy (non-hydrogen) atoms. The third-order valence-electron chi connectivity index (χ3n) is 5.68. The summed E-state index contributed by atoms with van der Waals surface area (Å²) in [5.74, 6) is 0.105. The fraction of sp³-hybridized carbons (Fsp3) is 0.579. The molecule has 1 aromatic rings. The van der Waals surface area contributed by atoms with Crippen molar-refractivity contribution < 1.29 is 9.59 Å². The number of carbonyl (C=O) groups excluding carboxylic acids is 2. The number of hydrogen-bond donors (Lipinski definition) is 0. The number of nitrogens with zero attached hydrogens (tertiary/aromatic N) is 3. The minimum Gasteiger partial charge on any atom is -0.340 e. The van der Waals surface area contributed by atoms with Crippen molar-refractivity contribution in [2.45, 2.75) is 25.8 Å². The van der Waals surface area contributed by atoms with Crippen LogP contribution in [0.4, 0.5) is 5.69 Å².